The summed E-state index contributed by atoms with van der Waals surface area (Å²) in [6, 6.07) is 0. The first kappa shape index (κ1) is 14.6. The fourth-order valence-corrected chi connectivity index (χ4v) is 2.63. The van der Waals surface area contributed by atoms with Crippen molar-refractivity contribution >= 4 is 6.09 Å². The lowest BCUT2D eigenvalue weighted by molar-refractivity contribution is -0.0334. The molecule has 2 heterocycles. The number of hydrogen-bond donors (Lipinski definition) is 2. The van der Waals surface area contributed by atoms with Crippen molar-refractivity contribution in [2.75, 3.05) is 26.3 Å². The molecule has 0 aromatic rings. The summed E-state index contributed by atoms with van der Waals surface area (Å²) in [7, 11) is 0. The number of amides is 1. The fraction of sp³-hybridized carbons (Fsp3) is 0.923. The van der Waals surface area contributed by atoms with E-state index in [4.69, 9.17) is 15.2 Å². The SMILES string of the molecule is CC(C)(C)OC(=O)N1CCC(O)(C2(N)CCOC2)C1. The summed E-state index contributed by atoms with van der Waals surface area (Å²) in [5.41, 5.74) is 3.86. The predicted octanol–water partition coefficient (Wildman–Crippen LogP) is 0.476. The second-order valence-electron chi connectivity index (χ2n) is 6.64. The van der Waals surface area contributed by atoms with Gasteiger partial charge >= 0.3 is 6.09 Å². The summed E-state index contributed by atoms with van der Waals surface area (Å²) in [6.07, 6.45) is 0.684. The van der Waals surface area contributed by atoms with Crippen LogP contribution in [0.25, 0.3) is 0 Å². The number of carbonyl (C=O) groups excluding carboxylic acids is 1. The molecule has 0 radical (unpaired) electrons. The third kappa shape index (κ3) is 2.85. The largest absolute Gasteiger partial charge is 0.444 e. The zero-order valence-electron chi connectivity index (χ0n) is 11.9. The minimum absolute atomic E-state index is 0.210. The fourth-order valence-electron chi connectivity index (χ4n) is 2.63. The number of hydrogen-bond acceptors (Lipinski definition) is 5. The smallest absolute Gasteiger partial charge is 0.410 e. The molecule has 2 rings (SSSR count). The minimum Gasteiger partial charge on any atom is -0.444 e. The van der Waals surface area contributed by atoms with E-state index in [1.807, 2.05) is 20.8 Å². The van der Waals surface area contributed by atoms with Crippen molar-refractivity contribution in [3.63, 3.8) is 0 Å². The Kier molecular flexibility index (Phi) is 3.53. The third-order valence-corrected chi connectivity index (χ3v) is 3.88. The molecule has 2 aliphatic heterocycles. The molecule has 2 unspecified atom stereocenters. The number of nitrogens with zero attached hydrogens (tertiary/aromatic N) is 1. The van der Waals surface area contributed by atoms with Crippen molar-refractivity contribution in [2.24, 2.45) is 5.73 Å². The Bertz CT molecular complexity index is 360. The van der Waals surface area contributed by atoms with Gasteiger partial charge in [0.1, 0.15) is 11.2 Å². The van der Waals surface area contributed by atoms with E-state index in [0.717, 1.165) is 0 Å². The summed E-state index contributed by atoms with van der Waals surface area (Å²) in [5.74, 6) is 0. The van der Waals surface area contributed by atoms with E-state index >= 15 is 0 Å². The lowest BCUT2D eigenvalue weighted by atomic mass is 9.79. The topological polar surface area (TPSA) is 85.0 Å². The molecule has 2 saturated heterocycles. The van der Waals surface area contributed by atoms with Crippen molar-refractivity contribution in [1.82, 2.24) is 4.90 Å². The molecule has 0 bridgehead atoms. The van der Waals surface area contributed by atoms with E-state index in [9.17, 15) is 9.90 Å². The highest BCUT2D eigenvalue weighted by atomic mass is 16.6. The zero-order chi connectivity index (χ0) is 14.3. The quantitative estimate of drug-likeness (QED) is 0.725. The maximum Gasteiger partial charge on any atom is 0.410 e. The Hall–Kier alpha value is -0.850. The lowest BCUT2D eigenvalue weighted by Gasteiger charge is -2.38. The zero-order valence-corrected chi connectivity index (χ0v) is 11.9. The van der Waals surface area contributed by atoms with E-state index in [0.29, 0.717) is 32.6 Å². The van der Waals surface area contributed by atoms with Crippen LogP contribution in [0.5, 0.6) is 0 Å². The van der Waals surface area contributed by atoms with Crippen LogP contribution in [0, 0.1) is 0 Å². The molecule has 6 nitrogen and oxygen atoms in total. The van der Waals surface area contributed by atoms with Gasteiger partial charge in [-0.2, -0.15) is 0 Å². The van der Waals surface area contributed by atoms with Crippen LogP contribution in [-0.2, 0) is 9.47 Å². The van der Waals surface area contributed by atoms with Gasteiger partial charge in [-0.25, -0.2) is 4.79 Å². The standard InChI is InChI=1S/C13H24N2O4/c1-11(2,3)19-10(16)15-6-4-13(17,8-15)12(14)5-7-18-9-12/h17H,4-9,14H2,1-3H3. The average Bonchev–Trinajstić information content (AvgIpc) is 2.84. The summed E-state index contributed by atoms with van der Waals surface area (Å²) >= 11 is 0. The number of likely N-dealkylation sites (tertiary alicyclic amines) is 1. The van der Waals surface area contributed by atoms with Gasteiger partial charge in [-0.1, -0.05) is 0 Å². The van der Waals surface area contributed by atoms with Crippen molar-refractivity contribution < 1.29 is 19.4 Å². The van der Waals surface area contributed by atoms with Crippen LogP contribution in [0.4, 0.5) is 4.79 Å². The molecule has 0 aliphatic carbocycles. The molecule has 0 spiro atoms. The molecule has 3 N–H and O–H groups in total. The Labute approximate surface area is 113 Å². The number of ether oxygens (including phenoxy) is 2. The first-order chi connectivity index (χ1) is 8.65. The highest BCUT2D eigenvalue weighted by Gasteiger charge is 2.54. The van der Waals surface area contributed by atoms with E-state index in [2.05, 4.69) is 0 Å². The van der Waals surface area contributed by atoms with Crippen LogP contribution in [-0.4, -0.2) is 59.1 Å². The van der Waals surface area contributed by atoms with Crippen LogP contribution >= 0.6 is 0 Å². The summed E-state index contributed by atoms with van der Waals surface area (Å²) in [5, 5.41) is 10.7. The predicted molar refractivity (Wildman–Crippen MR) is 69.7 cm³/mol. The van der Waals surface area contributed by atoms with Crippen molar-refractivity contribution in [1.29, 1.82) is 0 Å². The molecule has 0 saturated carbocycles. The van der Waals surface area contributed by atoms with Gasteiger partial charge in [-0.15, -0.1) is 0 Å². The second-order valence-corrected chi connectivity index (χ2v) is 6.64. The summed E-state index contributed by atoms with van der Waals surface area (Å²) in [4.78, 5) is 13.5. The Morgan fingerprint density at radius 2 is 2.11 bits per heavy atom. The van der Waals surface area contributed by atoms with Gasteiger partial charge in [0.2, 0.25) is 0 Å². The van der Waals surface area contributed by atoms with Gasteiger partial charge in [0.25, 0.3) is 0 Å². The Morgan fingerprint density at radius 3 is 2.63 bits per heavy atom. The second kappa shape index (κ2) is 4.61. The van der Waals surface area contributed by atoms with Gasteiger partial charge < -0.3 is 25.2 Å². The van der Waals surface area contributed by atoms with Gasteiger partial charge in [-0.3, -0.25) is 0 Å². The van der Waals surface area contributed by atoms with Gasteiger partial charge in [0, 0.05) is 13.2 Å². The molecule has 0 aromatic heterocycles. The molecule has 6 heteroatoms. The van der Waals surface area contributed by atoms with E-state index in [-0.39, 0.29) is 6.54 Å². The van der Waals surface area contributed by atoms with Gasteiger partial charge in [0.05, 0.1) is 18.7 Å². The molecule has 110 valence electrons. The lowest BCUT2D eigenvalue weighted by Crippen LogP contribution is -2.62. The van der Waals surface area contributed by atoms with Crippen LogP contribution in [0.2, 0.25) is 0 Å². The Balaban J connectivity index is 2.01. The molecular formula is C13H24N2O4. The summed E-state index contributed by atoms with van der Waals surface area (Å²) < 4.78 is 10.6. The van der Waals surface area contributed by atoms with Gasteiger partial charge in [-0.05, 0) is 33.6 Å². The van der Waals surface area contributed by atoms with E-state index in [1.54, 1.807) is 0 Å². The first-order valence-electron chi connectivity index (χ1n) is 6.72. The number of rotatable bonds is 1. The van der Waals surface area contributed by atoms with Crippen molar-refractivity contribution in [3.05, 3.63) is 0 Å². The number of aliphatic hydroxyl groups is 1. The Morgan fingerprint density at radius 1 is 1.42 bits per heavy atom. The first-order valence-corrected chi connectivity index (χ1v) is 6.72. The number of nitrogens with two attached hydrogens (primary N) is 1. The highest BCUT2D eigenvalue weighted by molar-refractivity contribution is 5.68. The highest BCUT2D eigenvalue weighted by Crippen LogP contribution is 2.36. The molecule has 19 heavy (non-hydrogen) atoms. The third-order valence-electron chi connectivity index (χ3n) is 3.88. The molecule has 2 atom stereocenters. The molecule has 2 fully saturated rings. The van der Waals surface area contributed by atoms with Crippen molar-refractivity contribution in [3.8, 4) is 0 Å². The monoisotopic (exact) mass is 272 g/mol. The minimum atomic E-state index is -1.08. The van der Waals surface area contributed by atoms with E-state index < -0.39 is 22.8 Å². The molecular weight excluding hydrogens is 248 g/mol. The van der Waals surface area contributed by atoms with Crippen molar-refractivity contribution in [2.45, 2.75) is 50.4 Å². The maximum atomic E-state index is 12.0. The van der Waals surface area contributed by atoms with Crippen LogP contribution in [0.3, 0.4) is 0 Å². The van der Waals surface area contributed by atoms with Crippen LogP contribution in [0.15, 0.2) is 0 Å². The van der Waals surface area contributed by atoms with Crippen LogP contribution in [0.1, 0.15) is 33.6 Å². The average molecular weight is 272 g/mol. The maximum absolute atomic E-state index is 12.0. The summed E-state index contributed by atoms with van der Waals surface area (Å²) in [6.45, 7) is 7.04. The number of β-amino-alcohol motifs (C(OH)–C–C–N with tert-alkyl or cyclic N) is 1. The molecule has 2 aliphatic rings. The molecule has 1 amide bonds. The normalized spacial score (nSPS) is 35.7. The van der Waals surface area contributed by atoms with Gasteiger partial charge in [0.15, 0.2) is 0 Å². The molecule has 0 aromatic carbocycles. The van der Waals surface area contributed by atoms with E-state index in [1.165, 1.54) is 4.90 Å². The van der Waals surface area contributed by atoms with Crippen LogP contribution < -0.4 is 5.73 Å². The number of carbonyl (C=O) groups is 1.